The van der Waals surface area contributed by atoms with Gasteiger partial charge in [0.2, 0.25) is 0 Å². The van der Waals surface area contributed by atoms with Crippen LogP contribution in [0.3, 0.4) is 0 Å². The Bertz CT molecular complexity index is 360. The minimum atomic E-state index is 0.858. The summed E-state index contributed by atoms with van der Waals surface area (Å²) >= 11 is 0. The van der Waals surface area contributed by atoms with Gasteiger partial charge in [-0.1, -0.05) is 13.0 Å². The van der Waals surface area contributed by atoms with Gasteiger partial charge in [-0.3, -0.25) is 0 Å². The maximum absolute atomic E-state index is 6.10. The van der Waals surface area contributed by atoms with Crippen molar-refractivity contribution in [1.29, 1.82) is 0 Å². The zero-order chi connectivity index (χ0) is 11.5. The molecular formula is C14H22N2. The molecule has 1 fully saturated rings. The Morgan fingerprint density at radius 3 is 2.81 bits per heavy atom. The minimum Gasteiger partial charge on any atom is -0.397 e. The summed E-state index contributed by atoms with van der Waals surface area (Å²) in [6, 6.07) is 6.39. The summed E-state index contributed by atoms with van der Waals surface area (Å²) in [7, 11) is 0. The molecule has 2 nitrogen and oxygen atoms in total. The fourth-order valence-electron chi connectivity index (χ4n) is 2.47. The van der Waals surface area contributed by atoms with E-state index in [4.69, 9.17) is 5.73 Å². The summed E-state index contributed by atoms with van der Waals surface area (Å²) in [4.78, 5) is 2.44. The second-order valence-electron chi connectivity index (χ2n) is 5.09. The largest absolute Gasteiger partial charge is 0.397 e. The second kappa shape index (κ2) is 4.77. The van der Waals surface area contributed by atoms with Gasteiger partial charge in [-0.15, -0.1) is 0 Å². The van der Waals surface area contributed by atoms with Gasteiger partial charge < -0.3 is 10.6 Å². The number of aryl methyl sites for hydroxylation is 1. The summed E-state index contributed by atoms with van der Waals surface area (Å²) in [5.41, 5.74) is 9.48. The topological polar surface area (TPSA) is 29.3 Å². The molecule has 0 bridgehead atoms. The van der Waals surface area contributed by atoms with Crippen molar-refractivity contribution in [2.24, 2.45) is 5.92 Å². The van der Waals surface area contributed by atoms with Gasteiger partial charge in [0.05, 0.1) is 11.4 Å². The molecule has 1 heterocycles. The summed E-state index contributed by atoms with van der Waals surface area (Å²) in [5, 5.41) is 0. The maximum Gasteiger partial charge on any atom is 0.0600 e. The number of rotatable bonds is 1. The highest BCUT2D eigenvalue weighted by Crippen LogP contribution is 2.27. The van der Waals surface area contributed by atoms with E-state index in [1.54, 1.807) is 0 Å². The van der Waals surface area contributed by atoms with Crippen molar-refractivity contribution in [2.75, 3.05) is 23.7 Å². The third-order valence-electron chi connectivity index (χ3n) is 3.54. The molecule has 1 saturated heterocycles. The quantitative estimate of drug-likeness (QED) is 0.733. The van der Waals surface area contributed by atoms with Gasteiger partial charge in [0.25, 0.3) is 0 Å². The molecule has 2 N–H and O–H groups in total. The number of hydrogen-bond acceptors (Lipinski definition) is 2. The van der Waals surface area contributed by atoms with Crippen molar-refractivity contribution in [3.63, 3.8) is 0 Å². The predicted molar refractivity (Wildman–Crippen MR) is 70.8 cm³/mol. The fourth-order valence-corrected chi connectivity index (χ4v) is 2.47. The van der Waals surface area contributed by atoms with E-state index in [0.29, 0.717) is 0 Å². The van der Waals surface area contributed by atoms with Gasteiger partial charge >= 0.3 is 0 Å². The third-order valence-corrected chi connectivity index (χ3v) is 3.54. The van der Waals surface area contributed by atoms with Crippen LogP contribution >= 0.6 is 0 Å². The molecule has 88 valence electrons. The minimum absolute atomic E-state index is 0.858. The van der Waals surface area contributed by atoms with Gasteiger partial charge in [0.1, 0.15) is 0 Å². The van der Waals surface area contributed by atoms with E-state index < -0.39 is 0 Å². The Balaban J connectivity index is 2.16. The van der Waals surface area contributed by atoms with Crippen molar-refractivity contribution in [3.8, 4) is 0 Å². The molecule has 2 rings (SSSR count). The average molecular weight is 218 g/mol. The van der Waals surface area contributed by atoms with Crippen molar-refractivity contribution in [1.82, 2.24) is 0 Å². The van der Waals surface area contributed by atoms with Crippen LogP contribution in [0.5, 0.6) is 0 Å². The molecule has 0 aliphatic carbocycles. The lowest BCUT2D eigenvalue weighted by Gasteiger charge is -2.24. The van der Waals surface area contributed by atoms with Crippen molar-refractivity contribution >= 4 is 11.4 Å². The average Bonchev–Trinajstić information content (AvgIpc) is 2.43. The van der Waals surface area contributed by atoms with Crippen LogP contribution in [0.15, 0.2) is 18.2 Å². The molecule has 0 spiro atoms. The lowest BCUT2D eigenvalue weighted by Crippen LogP contribution is -2.25. The highest BCUT2D eigenvalue weighted by atomic mass is 15.1. The Labute approximate surface area is 98.4 Å². The van der Waals surface area contributed by atoms with Gasteiger partial charge in [0, 0.05) is 13.1 Å². The van der Waals surface area contributed by atoms with Crippen LogP contribution in [-0.2, 0) is 0 Å². The second-order valence-corrected chi connectivity index (χ2v) is 5.09. The van der Waals surface area contributed by atoms with Gasteiger partial charge in [-0.25, -0.2) is 0 Å². The van der Waals surface area contributed by atoms with Crippen LogP contribution in [0, 0.1) is 12.8 Å². The predicted octanol–water partition coefficient (Wildman–Crippen LogP) is 3.20. The lowest BCUT2D eigenvalue weighted by molar-refractivity contribution is 0.521. The highest BCUT2D eigenvalue weighted by molar-refractivity contribution is 5.68. The number of nitrogens with zero attached hydrogens (tertiary/aromatic N) is 1. The third kappa shape index (κ3) is 2.49. The zero-order valence-electron chi connectivity index (χ0n) is 10.4. The molecule has 1 atom stereocenters. The first-order valence-electron chi connectivity index (χ1n) is 6.28. The van der Waals surface area contributed by atoms with E-state index in [2.05, 4.69) is 36.9 Å². The monoisotopic (exact) mass is 218 g/mol. The Kier molecular flexibility index (Phi) is 3.37. The van der Waals surface area contributed by atoms with Crippen LogP contribution in [0.25, 0.3) is 0 Å². The van der Waals surface area contributed by atoms with Crippen LogP contribution in [-0.4, -0.2) is 13.1 Å². The highest BCUT2D eigenvalue weighted by Gasteiger charge is 2.15. The van der Waals surface area contributed by atoms with E-state index in [-0.39, 0.29) is 0 Å². The molecule has 0 saturated carbocycles. The van der Waals surface area contributed by atoms with Gasteiger partial charge in [-0.05, 0) is 49.8 Å². The molecule has 1 aromatic carbocycles. The number of anilines is 2. The van der Waals surface area contributed by atoms with Crippen LogP contribution in [0.4, 0.5) is 11.4 Å². The van der Waals surface area contributed by atoms with Crippen LogP contribution < -0.4 is 10.6 Å². The molecule has 1 aliphatic rings. The van der Waals surface area contributed by atoms with Gasteiger partial charge in [-0.2, -0.15) is 0 Å². The van der Waals surface area contributed by atoms with Crippen molar-refractivity contribution in [3.05, 3.63) is 23.8 Å². The number of benzene rings is 1. The Morgan fingerprint density at radius 2 is 2.06 bits per heavy atom. The molecular weight excluding hydrogens is 196 g/mol. The normalized spacial score (nSPS) is 21.9. The van der Waals surface area contributed by atoms with E-state index in [0.717, 1.165) is 24.7 Å². The standard InChI is InChI=1S/C14H22N2/c1-11-4-3-8-16(9-7-11)14-6-5-12(2)10-13(14)15/h5-6,10-11H,3-4,7-9,15H2,1-2H3. The molecule has 1 aliphatic heterocycles. The first-order chi connectivity index (χ1) is 7.66. The molecule has 0 radical (unpaired) electrons. The molecule has 1 unspecified atom stereocenters. The molecule has 16 heavy (non-hydrogen) atoms. The van der Waals surface area contributed by atoms with Gasteiger partial charge in [0.15, 0.2) is 0 Å². The molecule has 2 heteroatoms. The zero-order valence-corrected chi connectivity index (χ0v) is 10.4. The van der Waals surface area contributed by atoms with Crippen molar-refractivity contribution < 1.29 is 0 Å². The van der Waals surface area contributed by atoms with Crippen LogP contribution in [0.1, 0.15) is 31.7 Å². The molecule has 0 aromatic heterocycles. The summed E-state index contributed by atoms with van der Waals surface area (Å²) < 4.78 is 0. The lowest BCUT2D eigenvalue weighted by atomic mass is 10.0. The van der Waals surface area contributed by atoms with E-state index >= 15 is 0 Å². The summed E-state index contributed by atoms with van der Waals surface area (Å²) in [6.45, 7) is 6.73. The fraction of sp³-hybridized carbons (Fsp3) is 0.571. The van der Waals surface area contributed by atoms with E-state index in [1.165, 1.54) is 30.5 Å². The van der Waals surface area contributed by atoms with E-state index in [1.807, 2.05) is 0 Å². The van der Waals surface area contributed by atoms with Crippen molar-refractivity contribution in [2.45, 2.75) is 33.1 Å². The number of nitrogens with two attached hydrogens (primary N) is 1. The summed E-state index contributed by atoms with van der Waals surface area (Å²) in [6.07, 6.45) is 3.92. The maximum atomic E-state index is 6.10. The Hall–Kier alpha value is -1.18. The first kappa shape index (κ1) is 11.3. The summed E-state index contributed by atoms with van der Waals surface area (Å²) in [5.74, 6) is 0.858. The Morgan fingerprint density at radius 1 is 1.25 bits per heavy atom. The first-order valence-corrected chi connectivity index (χ1v) is 6.28. The SMILES string of the molecule is Cc1ccc(N2CCCC(C)CC2)c(N)c1. The number of nitrogen functional groups attached to an aromatic ring is 1. The van der Waals surface area contributed by atoms with E-state index in [9.17, 15) is 0 Å². The molecule has 1 aromatic rings. The van der Waals surface area contributed by atoms with Crippen LogP contribution in [0.2, 0.25) is 0 Å². The molecule has 0 amide bonds. The smallest absolute Gasteiger partial charge is 0.0600 e. The number of hydrogen-bond donors (Lipinski definition) is 1.